The van der Waals surface area contributed by atoms with Gasteiger partial charge in [0.2, 0.25) is 0 Å². The minimum Gasteiger partial charge on any atom is -0.504 e. The molecule has 1 aromatic rings. The highest BCUT2D eigenvalue weighted by molar-refractivity contribution is 9.10. The number of phenolic OH excluding ortho intramolecular Hbond substituents is 1. The van der Waals surface area contributed by atoms with E-state index in [-0.39, 0.29) is 5.56 Å². The maximum absolute atomic E-state index is 12.2. The summed E-state index contributed by atoms with van der Waals surface area (Å²) in [6, 6.07) is 2.43. The van der Waals surface area contributed by atoms with Crippen molar-refractivity contribution in [3.05, 3.63) is 22.2 Å². The average molecular weight is 329 g/mol. The second-order valence-corrected chi connectivity index (χ2v) is 4.38. The van der Waals surface area contributed by atoms with Gasteiger partial charge in [0.25, 0.3) is 0 Å². The van der Waals surface area contributed by atoms with Crippen LogP contribution >= 0.6 is 15.9 Å². The van der Waals surface area contributed by atoms with E-state index in [1.165, 1.54) is 6.07 Å². The van der Waals surface area contributed by atoms with Crippen molar-refractivity contribution in [1.29, 1.82) is 0 Å². The van der Waals surface area contributed by atoms with Crippen LogP contribution < -0.4 is 4.74 Å². The third-order valence-electron chi connectivity index (χ3n) is 2.17. The van der Waals surface area contributed by atoms with Gasteiger partial charge in [-0.1, -0.05) is 15.9 Å². The van der Waals surface area contributed by atoms with Crippen LogP contribution in [0.15, 0.2) is 16.6 Å². The summed E-state index contributed by atoms with van der Waals surface area (Å²) < 4.78 is 50.7. The van der Waals surface area contributed by atoms with Gasteiger partial charge in [0.15, 0.2) is 17.8 Å². The highest BCUT2D eigenvalue weighted by Crippen LogP contribution is 2.41. The molecule has 18 heavy (non-hydrogen) atoms. The molecule has 1 aliphatic rings. The number of halogens is 4. The van der Waals surface area contributed by atoms with Crippen LogP contribution in [-0.4, -0.2) is 24.7 Å². The van der Waals surface area contributed by atoms with Crippen molar-refractivity contribution in [1.82, 2.24) is 0 Å². The second kappa shape index (κ2) is 4.94. The zero-order valence-corrected chi connectivity index (χ0v) is 10.4. The molecule has 1 aliphatic heterocycles. The molecule has 1 N–H and O–H groups in total. The Labute approximate surface area is 108 Å². The molecule has 0 aliphatic carbocycles. The zero-order chi connectivity index (χ0) is 13.3. The number of aromatic hydroxyl groups is 1. The molecule has 0 aromatic heterocycles. The molecule has 8 heteroatoms. The quantitative estimate of drug-likeness (QED) is 0.906. The maximum Gasteiger partial charge on any atom is 0.573 e. The predicted molar refractivity (Wildman–Crippen MR) is 57.1 cm³/mol. The molecule has 2 rings (SSSR count). The molecule has 0 saturated carbocycles. The molecule has 1 fully saturated rings. The van der Waals surface area contributed by atoms with E-state index in [2.05, 4.69) is 20.7 Å². The second-order valence-electron chi connectivity index (χ2n) is 3.46. The van der Waals surface area contributed by atoms with Gasteiger partial charge in [-0.05, 0) is 12.1 Å². The van der Waals surface area contributed by atoms with E-state index in [4.69, 9.17) is 9.47 Å². The third-order valence-corrected chi connectivity index (χ3v) is 2.63. The SMILES string of the molecule is Oc1c(OC(F)(F)F)cc(Br)cc1C1OCCO1. The Morgan fingerprint density at radius 2 is 1.89 bits per heavy atom. The van der Waals surface area contributed by atoms with Crippen molar-refractivity contribution in [3.63, 3.8) is 0 Å². The van der Waals surface area contributed by atoms with Crippen molar-refractivity contribution in [2.24, 2.45) is 0 Å². The minimum absolute atomic E-state index is 0.0844. The summed E-state index contributed by atoms with van der Waals surface area (Å²) in [6.07, 6.45) is -5.77. The summed E-state index contributed by atoms with van der Waals surface area (Å²) in [7, 11) is 0. The van der Waals surface area contributed by atoms with E-state index in [0.29, 0.717) is 17.7 Å². The van der Waals surface area contributed by atoms with E-state index in [9.17, 15) is 18.3 Å². The van der Waals surface area contributed by atoms with Crippen LogP contribution in [0.2, 0.25) is 0 Å². The molecule has 1 saturated heterocycles. The van der Waals surface area contributed by atoms with Crippen molar-refractivity contribution in [2.45, 2.75) is 12.7 Å². The largest absolute Gasteiger partial charge is 0.573 e. The molecule has 1 heterocycles. The van der Waals surface area contributed by atoms with Gasteiger partial charge in [0, 0.05) is 4.47 Å². The van der Waals surface area contributed by atoms with Crippen LogP contribution in [0.25, 0.3) is 0 Å². The van der Waals surface area contributed by atoms with Gasteiger partial charge in [-0.3, -0.25) is 0 Å². The molecular formula is C10H8BrF3O4. The zero-order valence-electron chi connectivity index (χ0n) is 8.83. The highest BCUT2D eigenvalue weighted by atomic mass is 79.9. The van der Waals surface area contributed by atoms with Gasteiger partial charge in [-0.15, -0.1) is 13.2 Å². The maximum atomic E-state index is 12.2. The first kappa shape index (κ1) is 13.4. The van der Waals surface area contributed by atoms with Crippen LogP contribution in [0.5, 0.6) is 11.5 Å². The van der Waals surface area contributed by atoms with Gasteiger partial charge in [0.1, 0.15) is 0 Å². The Balaban J connectivity index is 2.36. The summed E-state index contributed by atoms with van der Waals surface area (Å²) in [5.74, 6) is -1.35. The number of hydrogen-bond donors (Lipinski definition) is 1. The molecule has 100 valence electrons. The number of rotatable bonds is 2. The highest BCUT2D eigenvalue weighted by Gasteiger charge is 2.34. The lowest BCUT2D eigenvalue weighted by Gasteiger charge is -2.16. The summed E-state index contributed by atoms with van der Waals surface area (Å²) in [5, 5.41) is 9.73. The van der Waals surface area contributed by atoms with Gasteiger partial charge >= 0.3 is 6.36 Å². The number of phenols is 1. The van der Waals surface area contributed by atoms with Gasteiger partial charge in [-0.25, -0.2) is 0 Å². The van der Waals surface area contributed by atoms with E-state index < -0.39 is 24.2 Å². The van der Waals surface area contributed by atoms with E-state index >= 15 is 0 Å². The lowest BCUT2D eigenvalue weighted by atomic mass is 10.2. The summed E-state index contributed by atoms with van der Waals surface area (Å²) in [4.78, 5) is 0. The number of alkyl halides is 3. The molecular weight excluding hydrogens is 321 g/mol. The Morgan fingerprint density at radius 3 is 2.44 bits per heavy atom. The van der Waals surface area contributed by atoms with Crippen LogP contribution in [0.4, 0.5) is 13.2 Å². The van der Waals surface area contributed by atoms with Crippen LogP contribution in [-0.2, 0) is 9.47 Å². The Hall–Kier alpha value is -0.990. The monoisotopic (exact) mass is 328 g/mol. The Bertz CT molecular complexity index is 443. The molecule has 0 atom stereocenters. The van der Waals surface area contributed by atoms with Crippen LogP contribution in [0.1, 0.15) is 11.9 Å². The van der Waals surface area contributed by atoms with E-state index in [0.717, 1.165) is 6.07 Å². The number of ether oxygens (including phenoxy) is 3. The molecule has 0 unspecified atom stereocenters. The van der Waals surface area contributed by atoms with Crippen LogP contribution in [0.3, 0.4) is 0 Å². The first-order valence-corrected chi connectivity index (χ1v) is 5.67. The molecule has 0 amide bonds. The molecule has 1 aromatic carbocycles. The Morgan fingerprint density at radius 1 is 1.28 bits per heavy atom. The Kier molecular flexibility index (Phi) is 3.69. The predicted octanol–water partition coefficient (Wildman–Crippen LogP) is 3.10. The van der Waals surface area contributed by atoms with Crippen LogP contribution in [0, 0.1) is 0 Å². The summed E-state index contributed by atoms with van der Waals surface area (Å²) >= 11 is 3.03. The fourth-order valence-electron chi connectivity index (χ4n) is 1.51. The van der Waals surface area contributed by atoms with Crippen molar-refractivity contribution in [3.8, 4) is 11.5 Å². The lowest BCUT2D eigenvalue weighted by molar-refractivity contribution is -0.275. The lowest BCUT2D eigenvalue weighted by Crippen LogP contribution is -2.17. The van der Waals surface area contributed by atoms with E-state index in [1.54, 1.807) is 0 Å². The third kappa shape index (κ3) is 3.06. The summed E-state index contributed by atoms with van der Waals surface area (Å²) in [6.45, 7) is 0.623. The first-order valence-electron chi connectivity index (χ1n) is 4.88. The van der Waals surface area contributed by atoms with E-state index in [1.807, 2.05) is 0 Å². The standard InChI is InChI=1S/C10H8BrF3O4/c11-5-3-6(9-16-1-2-17-9)8(15)7(4-5)18-10(12,13)14/h3-4,9,15H,1-2H2. The summed E-state index contributed by atoms with van der Waals surface area (Å²) in [5.41, 5.74) is 0.0844. The smallest absolute Gasteiger partial charge is 0.504 e. The molecule has 0 spiro atoms. The topological polar surface area (TPSA) is 47.9 Å². The molecule has 4 nitrogen and oxygen atoms in total. The molecule has 0 radical (unpaired) electrons. The van der Waals surface area contributed by atoms with Crippen molar-refractivity contribution < 1.29 is 32.5 Å². The van der Waals surface area contributed by atoms with Gasteiger partial charge in [0.05, 0.1) is 18.8 Å². The number of benzene rings is 1. The van der Waals surface area contributed by atoms with Crippen molar-refractivity contribution in [2.75, 3.05) is 13.2 Å². The number of hydrogen-bond acceptors (Lipinski definition) is 4. The van der Waals surface area contributed by atoms with Gasteiger partial charge in [-0.2, -0.15) is 0 Å². The minimum atomic E-state index is -4.88. The molecule has 0 bridgehead atoms. The van der Waals surface area contributed by atoms with Gasteiger partial charge < -0.3 is 19.3 Å². The average Bonchev–Trinajstić information content (AvgIpc) is 2.73. The normalized spacial score (nSPS) is 17.1. The fraction of sp³-hybridized carbons (Fsp3) is 0.400. The van der Waals surface area contributed by atoms with Crippen molar-refractivity contribution >= 4 is 15.9 Å². The fourth-order valence-corrected chi connectivity index (χ4v) is 1.97. The first-order chi connectivity index (χ1) is 8.37.